The summed E-state index contributed by atoms with van der Waals surface area (Å²) in [7, 11) is 0. The summed E-state index contributed by atoms with van der Waals surface area (Å²) < 4.78 is 5.75. The van der Waals surface area contributed by atoms with Crippen LogP contribution in [0, 0.1) is 5.92 Å². The highest BCUT2D eigenvalue weighted by Gasteiger charge is 2.46. The first-order valence-electron chi connectivity index (χ1n) is 10.5. The highest BCUT2D eigenvalue weighted by atomic mass is 16.6. The van der Waals surface area contributed by atoms with Gasteiger partial charge in [0.1, 0.15) is 6.61 Å². The fourth-order valence-electron chi connectivity index (χ4n) is 5.60. The Morgan fingerprint density at radius 1 is 0.966 bits per heavy atom. The van der Waals surface area contributed by atoms with Crippen LogP contribution in [0.1, 0.15) is 49.1 Å². The van der Waals surface area contributed by atoms with E-state index in [0.717, 1.165) is 36.8 Å². The Bertz CT molecular complexity index is 910. The van der Waals surface area contributed by atoms with Crippen molar-refractivity contribution in [2.75, 3.05) is 6.61 Å². The van der Waals surface area contributed by atoms with Crippen LogP contribution < -0.4 is 5.11 Å². The topological polar surface area (TPSA) is 69.7 Å². The standard InChI is InChI=1S/C24H25NO4/c26-23(27)22-13-15-7-1-6-12-21(15)25(22)24(28)29-14-20-18-10-4-2-8-16(18)17-9-3-5-11-19(17)20/h2-5,8-11,15,20-22H,1,6-7,12-14H2,(H,26,27)/p-1/t15-,21-,22+/m1/s1. The van der Waals surface area contributed by atoms with Crippen molar-refractivity contribution in [3.63, 3.8) is 0 Å². The van der Waals surface area contributed by atoms with Crippen LogP contribution >= 0.6 is 0 Å². The van der Waals surface area contributed by atoms with Gasteiger partial charge in [-0.05, 0) is 47.4 Å². The van der Waals surface area contributed by atoms with Crippen LogP contribution in [0.4, 0.5) is 4.79 Å². The maximum Gasteiger partial charge on any atom is 0.410 e. The van der Waals surface area contributed by atoms with E-state index < -0.39 is 18.1 Å². The van der Waals surface area contributed by atoms with Crippen LogP contribution in [0.5, 0.6) is 0 Å². The average molecular weight is 390 g/mol. The van der Waals surface area contributed by atoms with E-state index in [1.807, 2.05) is 24.3 Å². The molecule has 1 saturated heterocycles. The number of nitrogens with zero attached hydrogens (tertiary/aromatic N) is 1. The van der Waals surface area contributed by atoms with Gasteiger partial charge in [0.05, 0.1) is 12.0 Å². The number of hydrogen-bond acceptors (Lipinski definition) is 4. The number of amides is 1. The van der Waals surface area contributed by atoms with Crippen molar-refractivity contribution in [3.8, 4) is 11.1 Å². The zero-order valence-electron chi connectivity index (χ0n) is 16.3. The summed E-state index contributed by atoms with van der Waals surface area (Å²) in [5.41, 5.74) is 4.64. The van der Waals surface area contributed by atoms with Crippen molar-refractivity contribution in [2.24, 2.45) is 5.92 Å². The molecule has 2 aromatic rings. The second kappa shape index (κ2) is 7.21. The van der Waals surface area contributed by atoms with E-state index in [9.17, 15) is 14.7 Å². The molecule has 5 nitrogen and oxygen atoms in total. The number of fused-ring (bicyclic) bond motifs is 4. The Morgan fingerprint density at radius 2 is 1.59 bits per heavy atom. The van der Waals surface area contributed by atoms with E-state index in [0.29, 0.717) is 6.42 Å². The number of benzene rings is 2. The van der Waals surface area contributed by atoms with Gasteiger partial charge in [-0.25, -0.2) is 4.79 Å². The van der Waals surface area contributed by atoms with E-state index in [1.165, 1.54) is 16.0 Å². The predicted molar refractivity (Wildman–Crippen MR) is 106 cm³/mol. The lowest BCUT2D eigenvalue weighted by Crippen LogP contribution is -2.50. The van der Waals surface area contributed by atoms with Crippen LogP contribution in [0.3, 0.4) is 0 Å². The summed E-state index contributed by atoms with van der Waals surface area (Å²) in [5.74, 6) is -0.961. The molecule has 2 fully saturated rings. The van der Waals surface area contributed by atoms with E-state index in [4.69, 9.17) is 4.74 Å². The summed E-state index contributed by atoms with van der Waals surface area (Å²) in [6.07, 6.45) is 3.90. The number of carbonyl (C=O) groups is 2. The minimum atomic E-state index is -1.17. The number of hydrogen-bond donors (Lipinski definition) is 0. The van der Waals surface area contributed by atoms with E-state index in [-0.39, 0.29) is 24.5 Å². The largest absolute Gasteiger partial charge is 0.548 e. The first kappa shape index (κ1) is 18.2. The van der Waals surface area contributed by atoms with Gasteiger partial charge in [0.2, 0.25) is 0 Å². The van der Waals surface area contributed by atoms with Gasteiger partial charge in [0.15, 0.2) is 0 Å². The third-order valence-corrected chi connectivity index (χ3v) is 6.91. The minimum absolute atomic E-state index is 0.0301. The number of carboxylic acids is 1. The molecular weight excluding hydrogens is 366 g/mol. The first-order chi connectivity index (χ1) is 14.1. The lowest BCUT2D eigenvalue weighted by molar-refractivity contribution is -0.310. The molecule has 5 rings (SSSR count). The number of likely N-dealkylation sites (tertiary alicyclic amines) is 1. The second-order valence-corrected chi connectivity index (χ2v) is 8.39. The number of carboxylic acid groups (broad SMARTS) is 1. The summed E-state index contributed by atoms with van der Waals surface area (Å²) in [6, 6.07) is 15.4. The lowest BCUT2D eigenvalue weighted by Gasteiger charge is -2.33. The molecule has 5 heteroatoms. The molecule has 0 unspecified atom stereocenters. The van der Waals surface area contributed by atoms with Gasteiger partial charge in [-0.1, -0.05) is 61.4 Å². The molecule has 2 aliphatic carbocycles. The molecule has 29 heavy (non-hydrogen) atoms. The Morgan fingerprint density at radius 3 is 2.24 bits per heavy atom. The molecule has 0 N–H and O–H groups in total. The summed E-state index contributed by atoms with van der Waals surface area (Å²) >= 11 is 0. The maximum absolute atomic E-state index is 13.0. The Hall–Kier alpha value is -2.82. The van der Waals surface area contributed by atoms with Crippen molar-refractivity contribution in [1.82, 2.24) is 4.90 Å². The predicted octanol–water partition coefficient (Wildman–Crippen LogP) is 3.32. The van der Waals surface area contributed by atoms with Crippen LogP contribution in [-0.4, -0.2) is 35.7 Å². The number of ether oxygens (including phenoxy) is 1. The molecule has 3 aliphatic rings. The molecule has 1 aliphatic heterocycles. The highest BCUT2D eigenvalue weighted by molar-refractivity contribution is 5.81. The second-order valence-electron chi connectivity index (χ2n) is 8.39. The van der Waals surface area contributed by atoms with Crippen molar-refractivity contribution < 1.29 is 19.4 Å². The van der Waals surface area contributed by atoms with Gasteiger partial charge in [-0.2, -0.15) is 0 Å². The van der Waals surface area contributed by atoms with E-state index >= 15 is 0 Å². The SMILES string of the molecule is O=C([O-])[C@@H]1C[C@H]2CCCC[C@H]2N1C(=O)OCC1c2ccccc2-c2ccccc21. The van der Waals surface area contributed by atoms with Gasteiger partial charge in [-0.15, -0.1) is 0 Å². The van der Waals surface area contributed by atoms with Gasteiger partial charge < -0.3 is 14.6 Å². The molecule has 0 bridgehead atoms. The Balaban J connectivity index is 1.37. The molecule has 150 valence electrons. The van der Waals surface area contributed by atoms with Gasteiger partial charge in [0, 0.05) is 12.0 Å². The fourth-order valence-corrected chi connectivity index (χ4v) is 5.60. The highest BCUT2D eigenvalue weighted by Crippen LogP contribution is 2.45. The van der Waals surface area contributed by atoms with Crippen molar-refractivity contribution in [2.45, 2.75) is 50.1 Å². The third kappa shape index (κ3) is 3.00. The number of carbonyl (C=O) groups excluding carboxylic acids is 2. The monoisotopic (exact) mass is 390 g/mol. The van der Waals surface area contributed by atoms with Crippen LogP contribution in [0.15, 0.2) is 48.5 Å². The average Bonchev–Trinajstić information content (AvgIpc) is 3.29. The van der Waals surface area contributed by atoms with Crippen molar-refractivity contribution >= 4 is 12.1 Å². The van der Waals surface area contributed by atoms with E-state index in [2.05, 4.69) is 24.3 Å². The smallest absolute Gasteiger partial charge is 0.410 e. The fraction of sp³-hybridized carbons (Fsp3) is 0.417. The normalized spacial score (nSPS) is 25.2. The molecule has 0 radical (unpaired) electrons. The molecular formula is C24H24NO4-. The molecule has 1 amide bonds. The third-order valence-electron chi connectivity index (χ3n) is 6.91. The molecule has 0 aromatic heterocycles. The summed E-state index contributed by atoms with van der Waals surface area (Å²) in [6.45, 7) is 0.209. The van der Waals surface area contributed by atoms with Crippen LogP contribution in [-0.2, 0) is 9.53 Å². The summed E-state index contributed by atoms with van der Waals surface area (Å²) in [4.78, 5) is 26.2. The summed E-state index contributed by atoms with van der Waals surface area (Å²) in [5, 5.41) is 11.7. The molecule has 1 heterocycles. The van der Waals surface area contributed by atoms with Gasteiger partial charge in [-0.3, -0.25) is 4.90 Å². The molecule has 3 atom stereocenters. The van der Waals surface area contributed by atoms with E-state index in [1.54, 1.807) is 0 Å². The maximum atomic E-state index is 13.0. The number of aliphatic carboxylic acids is 1. The van der Waals surface area contributed by atoms with Crippen LogP contribution in [0.2, 0.25) is 0 Å². The zero-order chi connectivity index (χ0) is 20.0. The number of rotatable bonds is 3. The van der Waals surface area contributed by atoms with Crippen molar-refractivity contribution in [3.05, 3.63) is 59.7 Å². The Labute approximate surface area is 170 Å². The lowest BCUT2D eigenvalue weighted by atomic mass is 9.85. The molecule has 2 aromatic carbocycles. The van der Waals surface area contributed by atoms with Crippen molar-refractivity contribution in [1.29, 1.82) is 0 Å². The molecule has 1 saturated carbocycles. The molecule has 0 spiro atoms. The minimum Gasteiger partial charge on any atom is -0.548 e. The first-order valence-corrected chi connectivity index (χ1v) is 10.5. The van der Waals surface area contributed by atoms with Gasteiger partial charge >= 0.3 is 6.09 Å². The van der Waals surface area contributed by atoms with Crippen LogP contribution in [0.25, 0.3) is 11.1 Å². The van der Waals surface area contributed by atoms with Gasteiger partial charge in [0.25, 0.3) is 0 Å². The quantitative estimate of drug-likeness (QED) is 0.806. The Kier molecular flexibility index (Phi) is 4.53. The zero-order valence-corrected chi connectivity index (χ0v) is 16.3.